The number of nitriles is 1. The molecule has 0 heterocycles. The third kappa shape index (κ3) is 81.3. The van der Waals surface area contributed by atoms with Gasteiger partial charge in [-0.2, -0.15) is 0 Å². The fraction of sp³-hybridized carbons (Fsp3) is 0.667. The van der Waals surface area contributed by atoms with E-state index in [0.29, 0.717) is 6.47 Å². The van der Waals surface area contributed by atoms with Crippen LogP contribution in [0.15, 0.2) is 5.34 Å². The molecule has 0 aliphatic rings. The van der Waals surface area contributed by atoms with Crippen molar-refractivity contribution in [1.29, 1.82) is 5.26 Å². The number of carbonyl (C=O) groups excluding carboxylic acids is 1. The van der Waals surface area contributed by atoms with E-state index in [2.05, 4.69) is 11.3 Å². The zero-order valence-corrected chi connectivity index (χ0v) is 7.22. The predicted molar refractivity (Wildman–Crippen MR) is 41.2 cm³/mol. The van der Waals surface area contributed by atoms with Crippen LogP contribution in [0.2, 0.25) is 0 Å². The molecule has 0 aromatic heterocycles. The summed E-state index contributed by atoms with van der Waals surface area (Å²) in [6.07, 6.45) is 0. The molecule has 0 fully saturated rings. The monoisotopic (exact) mass is 176 g/mol. The lowest BCUT2D eigenvalue weighted by Gasteiger charge is -2.14. The van der Waals surface area contributed by atoms with Crippen molar-refractivity contribution >= 4 is 6.47 Å². The summed E-state index contributed by atoms with van der Waals surface area (Å²) >= 11 is 0. The van der Waals surface area contributed by atoms with Gasteiger partial charge < -0.3 is 9.94 Å². The molecule has 0 bridgehead atoms. The van der Waals surface area contributed by atoms with E-state index in [4.69, 9.17) is 15.4 Å². The molecule has 0 amide bonds. The first-order chi connectivity index (χ1) is 5.47. The number of nitrogens with zero attached hydrogens (tertiary/aromatic N) is 2. The van der Waals surface area contributed by atoms with E-state index in [1.54, 1.807) is 0 Å². The van der Waals surface area contributed by atoms with Crippen LogP contribution in [-0.2, 0) is 9.53 Å². The molecule has 0 aliphatic heterocycles. The van der Waals surface area contributed by atoms with Crippen LogP contribution in [0.25, 0.3) is 0 Å². The molecule has 0 aliphatic carbocycles. The van der Waals surface area contributed by atoms with E-state index in [0.717, 1.165) is 0 Å². The van der Waals surface area contributed by atoms with Gasteiger partial charge in [0.25, 0.3) is 6.47 Å². The van der Waals surface area contributed by atoms with Gasteiger partial charge in [-0.05, 0) is 20.8 Å². The Hall–Kier alpha value is -1.64. The highest BCUT2D eigenvalue weighted by Crippen LogP contribution is 2.02. The highest BCUT2D eigenvalue weighted by atomic mass is 16.6. The van der Waals surface area contributed by atoms with Gasteiger partial charge >= 0.3 is 0 Å². The summed E-state index contributed by atoms with van der Waals surface area (Å²) in [7, 11) is 0. The van der Waals surface area contributed by atoms with Crippen molar-refractivity contribution in [2.75, 3.05) is 0 Å². The first kappa shape index (κ1) is 16.8. The minimum atomic E-state index is -0.318. The maximum atomic E-state index is 9.60. The summed E-state index contributed by atoms with van der Waals surface area (Å²) < 4.78 is 4.55. The fourth-order valence-electron chi connectivity index (χ4n) is 0.144. The van der Waals surface area contributed by atoms with Crippen molar-refractivity contribution in [3.05, 3.63) is 4.91 Å². The number of carbonyl (C=O) groups is 1. The zero-order valence-electron chi connectivity index (χ0n) is 7.22. The van der Waals surface area contributed by atoms with Crippen LogP contribution in [0.3, 0.4) is 0 Å². The van der Waals surface area contributed by atoms with Gasteiger partial charge in [0.1, 0.15) is 5.60 Å². The Bertz CT molecular complexity index is 127. The molecule has 0 rings (SSSR count). The summed E-state index contributed by atoms with van der Waals surface area (Å²) in [6, 6.07) is 0. The Morgan fingerprint density at radius 2 is 1.75 bits per heavy atom. The molecule has 6 heteroatoms. The van der Waals surface area contributed by atoms with Gasteiger partial charge in [-0.25, -0.2) is 5.26 Å². The normalized spacial score (nSPS) is 7.42. The summed E-state index contributed by atoms with van der Waals surface area (Å²) in [5.74, 6) is 0. The fourth-order valence-corrected chi connectivity index (χ4v) is 0.144. The Kier molecular flexibility index (Phi) is 16.9. The molecule has 0 atom stereocenters. The van der Waals surface area contributed by atoms with Gasteiger partial charge in [-0.1, -0.05) is 0 Å². The van der Waals surface area contributed by atoms with Crippen LogP contribution < -0.4 is 0 Å². The van der Waals surface area contributed by atoms with Crippen molar-refractivity contribution < 1.29 is 14.7 Å². The van der Waals surface area contributed by atoms with E-state index < -0.39 is 0 Å². The molecular formula is C6H12N2O4. The van der Waals surface area contributed by atoms with Gasteiger partial charge in [0.05, 0.1) is 0 Å². The number of ether oxygens (including phenoxy) is 1. The lowest BCUT2D eigenvalue weighted by atomic mass is 10.2. The topological polar surface area (TPSA) is 99.8 Å². The maximum absolute atomic E-state index is 9.60. The number of rotatable bonds is 1. The van der Waals surface area contributed by atoms with Crippen molar-refractivity contribution in [2.45, 2.75) is 26.4 Å². The molecule has 0 saturated carbocycles. The summed E-state index contributed by atoms with van der Waals surface area (Å²) in [6.45, 7) is 9.42. The van der Waals surface area contributed by atoms with E-state index in [1.807, 2.05) is 20.8 Å². The Labute approximate surface area is 70.7 Å². The quantitative estimate of drug-likeness (QED) is 0.368. The standard InChI is InChI=1S/C5H10O2.CHN.HNO2/c1-5(2,3)7-4-6;1-2;2-1-3/h4H,1-3H3;1H;(H,2,3). The Balaban J connectivity index is -0.000000137. The summed E-state index contributed by atoms with van der Waals surface area (Å²) in [5, 5.41) is 14.4. The molecule has 0 aromatic carbocycles. The molecule has 70 valence electrons. The second kappa shape index (κ2) is 12.1. The second-order valence-corrected chi connectivity index (χ2v) is 2.41. The van der Waals surface area contributed by atoms with Crippen LogP contribution in [0.1, 0.15) is 20.8 Å². The van der Waals surface area contributed by atoms with Crippen LogP contribution in [0, 0.1) is 16.7 Å². The molecule has 0 aromatic rings. The summed E-state index contributed by atoms with van der Waals surface area (Å²) in [5.41, 5.74) is -0.318. The maximum Gasteiger partial charge on any atom is 0.293 e. The third-order valence-corrected chi connectivity index (χ3v) is 0.402. The number of hydrogen-bond acceptors (Lipinski definition) is 5. The van der Waals surface area contributed by atoms with Gasteiger partial charge in [-0.3, -0.25) is 4.79 Å². The third-order valence-electron chi connectivity index (χ3n) is 0.402. The highest BCUT2D eigenvalue weighted by Gasteiger charge is 2.07. The molecule has 0 spiro atoms. The molecule has 1 N–H and O–H groups in total. The van der Waals surface area contributed by atoms with Crippen molar-refractivity contribution in [2.24, 2.45) is 5.34 Å². The highest BCUT2D eigenvalue weighted by molar-refractivity contribution is 5.37. The van der Waals surface area contributed by atoms with Crippen LogP contribution >= 0.6 is 0 Å². The molecule has 0 radical (unpaired) electrons. The molecular weight excluding hydrogens is 164 g/mol. The lowest BCUT2D eigenvalue weighted by Crippen LogP contribution is -2.17. The van der Waals surface area contributed by atoms with Gasteiger partial charge in [0.2, 0.25) is 0 Å². The molecule has 0 unspecified atom stereocenters. The number of hydrogen-bond donors (Lipinski definition) is 1. The van der Waals surface area contributed by atoms with Crippen molar-refractivity contribution in [1.82, 2.24) is 0 Å². The SMILES string of the molecule is C#N.CC(C)(C)OC=O.O=NO. The average Bonchev–Trinajstić information content (AvgIpc) is 1.91. The van der Waals surface area contributed by atoms with Crippen LogP contribution in [0.5, 0.6) is 0 Å². The first-order valence-electron chi connectivity index (χ1n) is 2.82. The smallest absolute Gasteiger partial charge is 0.293 e. The molecule has 0 saturated heterocycles. The largest absolute Gasteiger partial charge is 0.462 e. The predicted octanol–water partition coefficient (Wildman–Crippen LogP) is 1.24. The van der Waals surface area contributed by atoms with Crippen molar-refractivity contribution in [3.63, 3.8) is 0 Å². The molecule has 6 nitrogen and oxygen atoms in total. The summed E-state index contributed by atoms with van der Waals surface area (Å²) in [4.78, 5) is 17.7. The van der Waals surface area contributed by atoms with E-state index >= 15 is 0 Å². The van der Waals surface area contributed by atoms with Gasteiger partial charge in [0.15, 0.2) is 5.34 Å². The Morgan fingerprint density at radius 3 is 1.75 bits per heavy atom. The second-order valence-electron chi connectivity index (χ2n) is 2.41. The van der Waals surface area contributed by atoms with E-state index in [1.165, 1.54) is 5.34 Å². The zero-order chi connectivity index (χ0) is 10.6. The molecule has 12 heavy (non-hydrogen) atoms. The minimum Gasteiger partial charge on any atom is -0.462 e. The Morgan fingerprint density at radius 1 is 1.50 bits per heavy atom. The first-order valence-corrected chi connectivity index (χ1v) is 2.82. The van der Waals surface area contributed by atoms with Crippen LogP contribution in [-0.4, -0.2) is 17.3 Å². The van der Waals surface area contributed by atoms with Gasteiger partial charge in [-0.15, -0.1) is 4.91 Å². The van der Waals surface area contributed by atoms with E-state index in [9.17, 15) is 4.79 Å². The van der Waals surface area contributed by atoms with Crippen LogP contribution in [0.4, 0.5) is 0 Å². The minimum absolute atomic E-state index is 0.318. The average molecular weight is 176 g/mol. The van der Waals surface area contributed by atoms with Crippen molar-refractivity contribution in [3.8, 4) is 6.57 Å². The van der Waals surface area contributed by atoms with Gasteiger partial charge in [0, 0.05) is 6.57 Å². The lowest BCUT2D eigenvalue weighted by molar-refractivity contribution is -0.138. The van der Waals surface area contributed by atoms with E-state index in [-0.39, 0.29) is 5.60 Å².